The van der Waals surface area contributed by atoms with Crippen LogP contribution in [0.15, 0.2) is 24.4 Å². The molecule has 0 spiro atoms. The first-order valence-electron chi connectivity index (χ1n) is 18.2. The Kier molecular flexibility index (Phi) is 21.9. The Bertz CT molecular complexity index is 879. The number of carbonyl (C=O) groups is 2. The lowest BCUT2D eigenvalue weighted by molar-refractivity contribution is -0.701. The van der Waals surface area contributed by atoms with Crippen LogP contribution in [0.3, 0.4) is 0 Å². The van der Waals surface area contributed by atoms with Crippen LogP contribution in [0.1, 0.15) is 155 Å². The highest BCUT2D eigenvalue weighted by Crippen LogP contribution is 2.24. The van der Waals surface area contributed by atoms with Crippen LogP contribution in [0.5, 0.6) is 0 Å². The lowest BCUT2D eigenvalue weighted by Gasteiger charge is -2.17. The molecule has 0 saturated carbocycles. The van der Waals surface area contributed by atoms with E-state index < -0.39 is 6.09 Å². The van der Waals surface area contributed by atoms with Crippen LogP contribution in [0.25, 0.3) is 0 Å². The monoisotopic (exact) mass is 617 g/mol. The molecule has 1 aromatic heterocycles. The van der Waals surface area contributed by atoms with Gasteiger partial charge in [-0.1, -0.05) is 103 Å². The molecule has 44 heavy (non-hydrogen) atoms. The molecule has 7 nitrogen and oxygen atoms in total. The molecule has 2 amide bonds. The van der Waals surface area contributed by atoms with Gasteiger partial charge in [0.15, 0.2) is 6.20 Å². The van der Waals surface area contributed by atoms with Crippen molar-refractivity contribution in [3.8, 4) is 0 Å². The van der Waals surface area contributed by atoms with E-state index in [0.29, 0.717) is 19.3 Å². The minimum absolute atomic E-state index is 0.213. The van der Waals surface area contributed by atoms with Crippen molar-refractivity contribution in [2.75, 3.05) is 19.8 Å². The smallest absolute Gasteiger partial charge is 0.417 e. The lowest BCUT2D eigenvalue weighted by atomic mass is 10.0. The van der Waals surface area contributed by atoms with E-state index in [0.717, 1.165) is 50.9 Å². The van der Waals surface area contributed by atoms with Crippen molar-refractivity contribution in [3.63, 3.8) is 0 Å². The zero-order chi connectivity index (χ0) is 31.7. The maximum Gasteiger partial charge on any atom is 0.417 e. The summed E-state index contributed by atoms with van der Waals surface area (Å²) in [5, 5.41) is 0. The molecule has 1 aliphatic rings. The quantitative estimate of drug-likeness (QED) is 0.0766. The van der Waals surface area contributed by atoms with Gasteiger partial charge in [-0.15, -0.1) is 0 Å². The van der Waals surface area contributed by atoms with E-state index in [9.17, 15) is 9.59 Å². The largest absolute Gasteiger partial charge is 0.449 e. The Hall–Kier alpha value is -1.99. The second-order valence-corrected chi connectivity index (χ2v) is 12.7. The topological polar surface area (TPSA) is 69.0 Å². The lowest BCUT2D eigenvalue weighted by Crippen LogP contribution is -2.43. The van der Waals surface area contributed by atoms with Crippen molar-refractivity contribution < 1.29 is 28.4 Å². The normalized spacial score (nSPS) is 16.3. The van der Waals surface area contributed by atoms with Crippen LogP contribution < -0.4 is 4.57 Å². The molecule has 0 bridgehead atoms. The number of unbranched alkanes of at least 4 members (excludes halogenated alkanes) is 15. The van der Waals surface area contributed by atoms with Gasteiger partial charge in [-0.25, -0.2) is 14.3 Å². The van der Waals surface area contributed by atoms with E-state index in [1.807, 2.05) is 35.9 Å². The Morgan fingerprint density at radius 3 is 2.02 bits per heavy atom. The molecule has 7 heteroatoms. The Balaban J connectivity index is 1.38. The minimum Gasteiger partial charge on any atom is -0.449 e. The van der Waals surface area contributed by atoms with E-state index in [-0.39, 0.29) is 18.6 Å². The van der Waals surface area contributed by atoms with Crippen LogP contribution in [-0.2, 0) is 32.1 Å². The highest BCUT2D eigenvalue weighted by atomic mass is 16.6. The molecule has 0 aromatic carbocycles. The first-order valence-corrected chi connectivity index (χ1v) is 18.2. The molecule has 2 rings (SSSR count). The average molecular weight is 618 g/mol. The molecule has 1 aromatic rings. The maximum atomic E-state index is 12.5. The molecule has 0 N–H and O–H groups in total. The molecular weight excluding hydrogens is 552 g/mol. The summed E-state index contributed by atoms with van der Waals surface area (Å²) in [5.41, 5.74) is 0.899. The third-order valence-electron chi connectivity index (χ3n) is 8.83. The van der Waals surface area contributed by atoms with E-state index in [1.165, 1.54) is 108 Å². The number of aryl methyl sites for hydroxylation is 1. The molecule has 0 aliphatic carbocycles. The van der Waals surface area contributed by atoms with Gasteiger partial charge >= 0.3 is 6.09 Å². The van der Waals surface area contributed by atoms with Gasteiger partial charge in [0.25, 0.3) is 0 Å². The van der Waals surface area contributed by atoms with Crippen LogP contribution in [0.2, 0.25) is 0 Å². The third-order valence-corrected chi connectivity index (χ3v) is 8.83. The van der Waals surface area contributed by atoms with Gasteiger partial charge in [-0.3, -0.25) is 4.79 Å². The first kappa shape index (κ1) is 38.2. The first-order chi connectivity index (χ1) is 21.5. The van der Waals surface area contributed by atoms with Crippen LogP contribution in [0.4, 0.5) is 4.79 Å². The molecular formula is C37H65N2O5+. The molecule has 1 aliphatic heterocycles. The molecule has 2 unspecified atom stereocenters. The van der Waals surface area contributed by atoms with Crippen molar-refractivity contribution in [1.29, 1.82) is 0 Å². The zero-order valence-electron chi connectivity index (χ0n) is 28.6. The number of nitrogens with zero attached hydrogens (tertiary/aromatic N) is 2. The number of amides is 2. The van der Waals surface area contributed by atoms with E-state index >= 15 is 0 Å². The SMILES string of the molecule is CCCCCCCCCCCCCCCC1CCC(COCCCCCCOC(=O)N(Cc2cccc[n+]2CC)C(C)=O)O1. The predicted molar refractivity (Wildman–Crippen MR) is 177 cm³/mol. The number of imide groups is 1. The fraction of sp³-hybridized carbons (Fsp3) is 0.811. The van der Waals surface area contributed by atoms with E-state index in [2.05, 4.69) is 6.92 Å². The molecule has 252 valence electrons. The fourth-order valence-electron chi connectivity index (χ4n) is 6.05. The zero-order valence-corrected chi connectivity index (χ0v) is 28.6. The summed E-state index contributed by atoms with van der Waals surface area (Å²) >= 11 is 0. The number of ether oxygens (including phenoxy) is 3. The van der Waals surface area contributed by atoms with Crippen LogP contribution in [-0.4, -0.2) is 48.9 Å². The summed E-state index contributed by atoms with van der Waals surface area (Å²) < 4.78 is 19.6. The molecule has 2 heterocycles. The van der Waals surface area contributed by atoms with Crippen LogP contribution >= 0.6 is 0 Å². The Labute approximate surface area is 269 Å². The molecule has 0 radical (unpaired) electrons. The van der Waals surface area contributed by atoms with Crippen molar-refractivity contribution in [3.05, 3.63) is 30.1 Å². The van der Waals surface area contributed by atoms with Gasteiger partial charge in [0.05, 0.1) is 25.4 Å². The second kappa shape index (κ2) is 25.2. The summed E-state index contributed by atoms with van der Waals surface area (Å²) in [6.45, 7) is 8.47. The van der Waals surface area contributed by atoms with Crippen LogP contribution in [0, 0.1) is 0 Å². The van der Waals surface area contributed by atoms with Crippen molar-refractivity contribution in [2.24, 2.45) is 0 Å². The maximum absolute atomic E-state index is 12.5. The fourth-order valence-corrected chi connectivity index (χ4v) is 6.05. The molecule has 2 atom stereocenters. The Morgan fingerprint density at radius 2 is 1.39 bits per heavy atom. The number of rotatable bonds is 26. The Morgan fingerprint density at radius 1 is 0.795 bits per heavy atom. The number of pyridine rings is 1. The number of hydrogen-bond donors (Lipinski definition) is 0. The van der Waals surface area contributed by atoms with E-state index in [1.54, 1.807) is 0 Å². The predicted octanol–water partition coefficient (Wildman–Crippen LogP) is 9.09. The molecule has 1 saturated heterocycles. The average Bonchev–Trinajstić information content (AvgIpc) is 3.48. The summed E-state index contributed by atoms with van der Waals surface area (Å²) in [4.78, 5) is 25.8. The van der Waals surface area contributed by atoms with Crippen molar-refractivity contribution in [1.82, 2.24) is 4.90 Å². The minimum atomic E-state index is -0.573. The van der Waals surface area contributed by atoms with Crippen molar-refractivity contribution in [2.45, 2.75) is 174 Å². The van der Waals surface area contributed by atoms with Gasteiger partial charge in [0.1, 0.15) is 13.1 Å². The van der Waals surface area contributed by atoms with Gasteiger partial charge in [0, 0.05) is 25.7 Å². The van der Waals surface area contributed by atoms with E-state index in [4.69, 9.17) is 14.2 Å². The summed E-state index contributed by atoms with van der Waals surface area (Å²) in [6, 6.07) is 5.77. The summed E-state index contributed by atoms with van der Waals surface area (Å²) in [6.07, 6.45) is 27.5. The highest BCUT2D eigenvalue weighted by molar-refractivity contribution is 5.90. The molecule has 1 fully saturated rings. The van der Waals surface area contributed by atoms with Gasteiger partial charge in [0.2, 0.25) is 11.6 Å². The van der Waals surface area contributed by atoms with Gasteiger partial charge < -0.3 is 14.2 Å². The summed E-state index contributed by atoms with van der Waals surface area (Å²) in [5.74, 6) is -0.309. The van der Waals surface area contributed by atoms with Gasteiger partial charge in [-0.2, -0.15) is 0 Å². The number of carbonyl (C=O) groups excluding carboxylic acids is 2. The summed E-state index contributed by atoms with van der Waals surface area (Å²) in [7, 11) is 0. The second-order valence-electron chi connectivity index (χ2n) is 12.7. The third kappa shape index (κ3) is 17.5. The number of aromatic nitrogens is 1. The van der Waals surface area contributed by atoms with Gasteiger partial charge in [-0.05, 0) is 45.4 Å². The standard InChI is InChI=1S/C37H65N2O5/c1-4-6-7-8-9-10-11-12-13-14-15-16-19-25-35-26-27-36(44-35)32-42-29-22-17-18-23-30-43-37(41)39(33(3)40)31-34-24-20-21-28-38(34)5-2/h20-21,24,28,35-36H,4-19,22-23,25-27,29-32H2,1-3H3/q+1. The van der Waals surface area contributed by atoms with Crippen molar-refractivity contribution >= 4 is 12.0 Å². The highest BCUT2D eigenvalue weighted by Gasteiger charge is 2.25. The number of hydrogen-bond acceptors (Lipinski definition) is 5.